The molecule has 0 amide bonds. The average molecular weight is 404 g/mol. The molecular formula is C24H25N3OS. The van der Waals surface area contributed by atoms with Crippen LogP contribution in [0, 0.1) is 0 Å². The number of nitrogens with zero attached hydrogens (tertiary/aromatic N) is 2. The van der Waals surface area contributed by atoms with Crippen LogP contribution in [-0.4, -0.2) is 16.1 Å². The van der Waals surface area contributed by atoms with E-state index in [9.17, 15) is 0 Å². The third kappa shape index (κ3) is 4.25. The molecule has 0 unspecified atom stereocenters. The zero-order valence-corrected chi connectivity index (χ0v) is 18.0. The predicted molar refractivity (Wildman–Crippen MR) is 122 cm³/mol. The molecule has 2 aromatic heterocycles. The molecule has 0 saturated carbocycles. The molecule has 0 aliphatic carbocycles. The smallest absolute Gasteiger partial charge is 0.143 e. The lowest BCUT2D eigenvalue weighted by molar-refractivity contribution is 0.242. The minimum absolute atomic E-state index is 0.158. The molecule has 0 bridgehead atoms. The van der Waals surface area contributed by atoms with Crippen LogP contribution >= 0.6 is 11.3 Å². The molecular weight excluding hydrogens is 378 g/mol. The van der Waals surface area contributed by atoms with Gasteiger partial charge in [0.25, 0.3) is 0 Å². The van der Waals surface area contributed by atoms with Crippen LogP contribution in [0.25, 0.3) is 21.3 Å². The van der Waals surface area contributed by atoms with Gasteiger partial charge in [0.2, 0.25) is 0 Å². The summed E-state index contributed by atoms with van der Waals surface area (Å²) in [6, 6.07) is 16.7. The molecule has 4 rings (SSSR count). The van der Waals surface area contributed by atoms with E-state index in [4.69, 9.17) is 4.74 Å². The van der Waals surface area contributed by atoms with Crippen LogP contribution in [0.3, 0.4) is 0 Å². The first-order valence-corrected chi connectivity index (χ1v) is 10.8. The van der Waals surface area contributed by atoms with Gasteiger partial charge in [-0.1, -0.05) is 38.1 Å². The van der Waals surface area contributed by atoms with Crippen LogP contribution in [0.15, 0.2) is 60.2 Å². The Balaban J connectivity index is 1.67. The topological polar surface area (TPSA) is 47.0 Å². The van der Waals surface area contributed by atoms with Gasteiger partial charge in [0.15, 0.2) is 0 Å². The number of hydrogen-bond acceptors (Lipinski definition) is 5. The Labute approximate surface area is 175 Å². The molecule has 5 heteroatoms. The Morgan fingerprint density at radius 1 is 0.897 bits per heavy atom. The first-order chi connectivity index (χ1) is 14.0. The van der Waals surface area contributed by atoms with Crippen LogP contribution in [0.4, 0.5) is 11.5 Å². The van der Waals surface area contributed by atoms with Gasteiger partial charge < -0.3 is 10.1 Å². The molecule has 0 radical (unpaired) electrons. The van der Waals surface area contributed by atoms with Gasteiger partial charge in [0, 0.05) is 16.6 Å². The van der Waals surface area contributed by atoms with Gasteiger partial charge in [0.1, 0.15) is 22.7 Å². The van der Waals surface area contributed by atoms with Gasteiger partial charge in [-0.05, 0) is 55.2 Å². The largest absolute Gasteiger partial charge is 0.491 e. The second-order valence-electron chi connectivity index (χ2n) is 7.64. The fourth-order valence-electron chi connectivity index (χ4n) is 3.26. The van der Waals surface area contributed by atoms with Crippen molar-refractivity contribution < 1.29 is 4.74 Å². The average Bonchev–Trinajstić information content (AvgIpc) is 3.14. The SMILES string of the molecule is CC(C)Oc1ccc(Nc2ncnc3scc(-c4ccc(C(C)C)cc4)c23)cc1. The molecule has 0 spiro atoms. The van der Waals surface area contributed by atoms with Gasteiger partial charge in [-0.2, -0.15) is 0 Å². The number of nitrogens with one attached hydrogen (secondary N) is 1. The number of benzene rings is 2. The zero-order chi connectivity index (χ0) is 20.4. The molecule has 0 atom stereocenters. The van der Waals surface area contributed by atoms with Crippen molar-refractivity contribution in [2.45, 2.75) is 39.7 Å². The second kappa shape index (κ2) is 8.21. The van der Waals surface area contributed by atoms with E-state index in [-0.39, 0.29) is 6.10 Å². The van der Waals surface area contributed by atoms with E-state index in [1.807, 2.05) is 38.1 Å². The first-order valence-electron chi connectivity index (χ1n) is 9.87. The van der Waals surface area contributed by atoms with E-state index >= 15 is 0 Å². The second-order valence-corrected chi connectivity index (χ2v) is 8.50. The molecule has 148 valence electrons. The van der Waals surface area contributed by atoms with E-state index < -0.39 is 0 Å². The summed E-state index contributed by atoms with van der Waals surface area (Å²) in [7, 11) is 0. The number of thiophene rings is 1. The van der Waals surface area contributed by atoms with E-state index in [1.54, 1.807) is 17.7 Å². The molecule has 4 nitrogen and oxygen atoms in total. The summed E-state index contributed by atoms with van der Waals surface area (Å²) in [4.78, 5) is 9.98. The lowest BCUT2D eigenvalue weighted by Crippen LogP contribution is -2.05. The van der Waals surface area contributed by atoms with Crippen LogP contribution < -0.4 is 10.1 Å². The molecule has 1 N–H and O–H groups in total. The molecule has 4 aromatic rings. The van der Waals surface area contributed by atoms with Crippen LogP contribution in [0.1, 0.15) is 39.2 Å². The highest BCUT2D eigenvalue weighted by atomic mass is 32.1. The molecule has 0 aliphatic rings. The van der Waals surface area contributed by atoms with Crippen molar-refractivity contribution in [3.05, 3.63) is 65.8 Å². The number of hydrogen-bond donors (Lipinski definition) is 1. The van der Waals surface area contributed by atoms with E-state index in [0.29, 0.717) is 5.92 Å². The maximum atomic E-state index is 5.73. The Bertz CT molecular complexity index is 1100. The molecule has 29 heavy (non-hydrogen) atoms. The normalized spacial score (nSPS) is 11.4. The number of rotatable bonds is 6. The van der Waals surface area contributed by atoms with Crippen molar-refractivity contribution >= 4 is 33.1 Å². The van der Waals surface area contributed by atoms with E-state index in [2.05, 4.69) is 58.8 Å². The molecule has 0 fully saturated rings. The zero-order valence-electron chi connectivity index (χ0n) is 17.1. The fourth-order valence-corrected chi connectivity index (χ4v) is 4.17. The highest BCUT2D eigenvalue weighted by Crippen LogP contribution is 2.38. The number of aromatic nitrogens is 2. The summed E-state index contributed by atoms with van der Waals surface area (Å²) < 4.78 is 5.73. The monoisotopic (exact) mass is 403 g/mol. The van der Waals surface area contributed by atoms with Crippen molar-refractivity contribution in [1.29, 1.82) is 0 Å². The minimum Gasteiger partial charge on any atom is -0.491 e. The third-order valence-corrected chi connectivity index (χ3v) is 5.63. The third-order valence-electron chi connectivity index (χ3n) is 4.75. The fraction of sp³-hybridized carbons (Fsp3) is 0.250. The van der Waals surface area contributed by atoms with Crippen LogP contribution in [0.2, 0.25) is 0 Å². The maximum absolute atomic E-state index is 5.73. The first kappa shape index (κ1) is 19.4. The Hall–Kier alpha value is -2.92. The van der Waals surface area contributed by atoms with E-state index in [1.165, 1.54) is 11.1 Å². The predicted octanol–water partition coefficient (Wildman–Crippen LogP) is 7.01. The molecule has 0 saturated heterocycles. The van der Waals surface area contributed by atoms with Crippen molar-refractivity contribution in [2.75, 3.05) is 5.32 Å². The quantitative estimate of drug-likeness (QED) is 0.376. The summed E-state index contributed by atoms with van der Waals surface area (Å²) in [6.45, 7) is 8.47. The van der Waals surface area contributed by atoms with Gasteiger partial charge in [-0.15, -0.1) is 11.3 Å². The van der Waals surface area contributed by atoms with Gasteiger partial charge >= 0.3 is 0 Å². The molecule has 0 aliphatic heterocycles. The minimum atomic E-state index is 0.158. The van der Waals surface area contributed by atoms with Crippen LogP contribution in [0.5, 0.6) is 5.75 Å². The number of fused-ring (bicyclic) bond motifs is 1. The summed E-state index contributed by atoms with van der Waals surface area (Å²) in [5.41, 5.74) is 4.64. The van der Waals surface area contributed by atoms with Gasteiger partial charge in [-0.25, -0.2) is 9.97 Å². The number of ether oxygens (including phenoxy) is 1. The summed E-state index contributed by atoms with van der Waals surface area (Å²) in [5, 5.41) is 6.67. The number of anilines is 2. The Morgan fingerprint density at radius 2 is 1.62 bits per heavy atom. The van der Waals surface area contributed by atoms with Crippen molar-refractivity contribution in [1.82, 2.24) is 9.97 Å². The summed E-state index contributed by atoms with van der Waals surface area (Å²) >= 11 is 1.64. The van der Waals surface area contributed by atoms with Gasteiger partial charge in [0.05, 0.1) is 11.5 Å². The lowest BCUT2D eigenvalue weighted by Gasteiger charge is -2.12. The van der Waals surface area contributed by atoms with Crippen LogP contribution in [-0.2, 0) is 0 Å². The standard InChI is InChI=1S/C24H25N3OS/c1-15(2)17-5-7-18(8-6-17)21-13-29-24-22(21)23(25-14-26-24)27-19-9-11-20(12-10-19)28-16(3)4/h5-16H,1-4H3,(H,25,26,27). The summed E-state index contributed by atoms with van der Waals surface area (Å²) in [6.07, 6.45) is 1.77. The highest BCUT2D eigenvalue weighted by Gasteiger charge is 2.14. The highest BCUT2D eigenvalue weighted by molar-refractivity contribution is 7.17. The lowest BCUT2D eigenvalue weighted by atomic mass is 9.99. The van der Waals surface area contributed by atoms with E-state index in [0.717, 1.165) is 33.0 Å². The van der Waals surface area contributed by atoms with Gasteiger partial charge in [-0.3, -0.25) is 0 Å². The molecule has 2 aromatic carbocycles. The molecule has 2 heterocycles. The van der Waals surface area contributed by atoms with Crippen molar-refractivity contribution in [3.8, 4) is 16.9 Å². The van der Waals surface area contributed by atoms with Crippen molar-refractivity contribution in [2.24, 2.45) is 0 Å². The Kier molecular flexibility index (Phi) is 5.49. The van der Waals surface area contributed by atoms with Crippen molar-refractivity contribution in [3.63, 3.8) is 0 Å². The maximum Gasteiger partial charge on any atom is 0.143 e. The summed E-state index contributed by atoms with van der Waals surface area (Å²) in [5.74, 6) is 2.20. The Morgan fingerprint density at radius 3 is 2.28 bits per heavy atom.